The van der Waals surface area contributed by atoms with Gasteiger partial charge in [-0.3, -0.25) is 4.79 Å². The molecule has 0 heterocycles. The third-order valence-corrected chi connectivity index (χ3v) is 11.2. The first kappa shape index (κ1) is 26.6. The zero-order valence-electron chi connectivity index (χ0n) is 22.5. The van der Waals surface area contributed by atoms with Gasteiger partial charge in [-0.1, -0.05) is 58.4 Å². The number of hydrogen-bond acceptors (Lipinski definition) is 4. The van der Waals surface area contributed by atoms with Gasteiger partial charge in [0.1, 0.15) is 0 Å². The molecule has 2 saturated carbocycles. The maximum atomic E-state index is 12.5. The molecular formula is C30H46O5. The summed E-state index contributed by atoms with van der Waals surface area (Å²) in [6, 6.07) is 0. The number of carboxylic acid groups (broad SMARTS) is 1. The van der Waals surface area contributed by atoms with Crippen molar-refractivity contribution < 1.29 is 25.2 Å². The quantitative estimate of drug-likeness (QED) is 0.384. The molecule has 5 heteroatoms. The second kappa shape index (κ2) is 8.85. The fraction of sp³-hybridized carbons (Fsp3) is 0.767. The molecule has 4 N–H and O–H groups in total. The number of allylic oxidation sites excluding steroid dienone is 5. The number of aliphatic hydroxyl groups excluding tert-OH is 3. The predicted molar refractivity (Wildman–Crippen MR) is 138 cm³/mol. The number of rotatable bonds is 6. The Kier molecular flexibility index (Phi) is 6.73. The van der Waals surface area contributed by atoms with Crippen molar-refractivity contribution in [1.82, 2.24) is 0 Å². The van der Waals surface area contributed by atoms with E-state index < -0.39 is 18.0 Å². The lowest BCUT2D eigenvalue weighted by Crippen LogP contribution is -2.54. The summed E-state index contributed by atoms with van der Waals surface area (Å²) < 4.78 is 0. The first-order valence-corrected chi connectivity index (χ1v) is 13.5. The number of hydrogen-bond donors (Lipinski definition) is 4. The molecule has 35 heavy (non-hydrogen) atoms. The Hall–Kier alpha value is -1.43. The molecule has 1 unspecified atom stereocenters. The molecule has 0 aliphatic heterocycles. The Morgan fingerprint density at radius 2 is 1.83 bits per heavy atom. The molecule has 196 valence electrons. The summed E-state index contributed by atoms with van der Waals surface area (Å²) in [5, 5.41) is 41.8. The minimum Gasteiger partial charge on any atom is -0.481 e. The normalized spacial score (nSPS) is 43.4. The van der Waals surface area contributed by atoms with Crippen LogP contribution < -0.4 is 0 Å². The van der Waals surface area contributed by atoms with E-state index in [4.69, 9.17) is 0 Å². The molecule has 4 aliphatic carbocycles. The van der Waals surface area contributed by atoms with Crippen molar-refractivity contribution in [2.24, 2.45) is 39.4 Å². The lowest BCUT2D eigenvalue weighted by Gasteiger charge is -2.61. The molecule has 4 aliphatic rings. The van der Waals surface area contributed by atoms with E-state index in [1.54, 1.807) is 0 Å². The van der Waals surface area contributed by atoms with E-state index in [-0.39, 0.29) is 40.3 Å². The molecule has 0 amide bonds. The van der Waals surface area contributed by atoms with Crippen LogP contribution in [0.3, 0.4) is 0 Å². The molecule has 5 nitrogen and oxygen atoms in total. The van der Waals surface area contributed by atoms with Crippen LogP contribution in [0.1, 0.15) is 86.5 Å². The zero-order valence-corrected chi connectivity index (χ0v) is 22.5. The standard InChI is InChI=1S/C30H46O5/c1-18(17-31)8-7-9-19(26(34)35)25-22(32)16-30(6)21-10-11-23-27(2,3)24(33)13-14-28(23,4)20(21)12-15-29(25,30)5/h8,10,12,19,22-25,31-33H,7,9,11,13-17H2,1-6H3,(H,34,35)/t19?,22-,23+,24-,25+,28-,29-,30+/m1/s1. The molecule has 8 atom stereocenters. The molecule has 4 rings (SSSR count). The van der Waals surface area contributed by atoms with Gasteiger partial charge in [0, 0.05) is 11.3 Å². The second-order valence-electron chi connectivity index (χ2n) is 13.3. The van der Waals surface area contributed by atoms with Crippen LogP contribution in [0.2, 0.25) is 0 Å². The highest BCUT2D eigenvalue weighted by molar-refractivity contribution is 5.71. The largest absolute Gasteiger partial charge is 0.481 e. The predicted octanol–water partition coefficient (Wildman–Crippen LogP) is 5.26. The van der Waals surface area contributed by atoms with Gasteiger partial charge in [0.15, 0.2) is 0 Å². The molecule has 0 spiro atoms. The molecule has 0 radical (unpaired) electrons. The van der Waals surface area contributed by atoms with Crippen molar-refractivity contribution in [3.63, 3.8) is 0 Å². The summed E-state index contributed by atoms with van der Waals surface area (Å²) >= 11 is 0. The number of fused-ring (bicyclic) bond motifs is 5. The maximum absolute atomic E-state index is 12.5. The molecule has 0 aromatic carbocycles. The number of aliphatic carboxylic acids is 1. The minimum atomic E-state index is -0.836. The van der Waals surface area contributed by atoms with Crippen molar-refractivity contribution in [1.29, 1.82) is 0 Å². The number of aliphatic hydroxyl groups is 3. The van der Waals surface area contributed by atoms with E-state index >= 15 is 0 Å². The zero-order chi connectivity index (χ0) is 26.0. The highest BCUT2D eigenvalue weighted by Crippen LogP contribution is 2.71. The number of carbonyl (C=O) groups is 1. The van der Waals surface area contributed by atoms with Crippen LogP contribution in [0, 0.1) is 39.4 Å². The van der Waals surface area contributed by atoms with Gasteiger partial charge in [-0.05, 0) is 85.2 Å². The van der Waals surface area contributed by atoms with E-state index in [0.29, 0.717) is 25.2 Å². The van der Waals surface area contributed by atoms with Crippen molar-refractivity contribution >= 4 is 5.97 Å². The van der Waals surface area contributed by atoms with Crippen LogP contribution >= 0.6 is 0 Å². The van der Waals surface area contributed by atoms with Crippen molar-refractivity contribution in [2.75, 3.05) is 6.61 Å². The van der Waals surface area contributed by atoms with Gasteiger partial charge in [-0.2, -0.15) is 0 Å². The lowest BCUT2D eigenvalue weighted by molar-refractivity contribution is -0.148. The monoisotopic (exact) mass is 486 g/mol. The Labute approximate surface area is 211 Å². The van der Waals surface area contributed by atoms with Crippen molar-refractivity contribution in [3.05, 3.63) is 34.9 Å². The van der Waals surface area contributed by atoms with Crippen molar-refractivity contribution in [2.45, 2.75) is 98.7 Å². The van der Waals surface area contributed by atoms with Crippen LogP contribution in [-0.4, -0.2) is 45.2 Å². The topological polar surface area (TPSA) is 98.0 Å². The summed E-state index contributed by atoms with van der Waals surface area (Å²) in [5.41, 5.74) is 2.72. The van der Waals surface area contributed by atoms with Gasteiger partial charge >= 0.3 is 5.97 Å². The Balaban J connectivity index is 1.72. The van der Waals surface area contributed by atoms with E-state index in [0.717, 1.165) is 31.3 Å². The van der Waals surface area contributed by atoms with E-state index in [1.165, 1.54) is 11.1 Å². The molecule has 0 aromatic heterocycles. The average Bonchev–Trinajstić information content (AvgIpc) is 2.99. The second-order valence-corrected chi connectivity index (χ2v) is 13.3. The summed E-state index contributed by atoms with van der Waals surface area (Å²) in [6.45, 7) is 13.1. The van der Waals surface area contributed by atoms with Crippen LogP contribution in [0.4, 0.5) is 0 Å². The Bertz CT molecular complexity index is 960. The van der Waals surface area contributed by atoms with E-state index in [9.17, 15) is 25.2 Å². The van der Waals surface area contributed by atoms with Crippen molar-refractivity contribution in [3.8, 4) is 0 Å². The minimum absolute atomic E-state index is 0.0149. The van der Waals surface area contributed by atoms with Crippen LogP contribution in [-0.2, 0) is 4.79 Å². The smallest absolute Gasteiger partial charge is 0.306 e. The summed E-state index contributed by atoms with van der Waals surface area (Å²) in [7, 11) is 0. The first-order chi connectivity index (χ1) is 16.2. The van der Waals surface area contributed by atoms with Crippen LogP contribution in [0.5, 0.6) is 0 Å². The Morgan fingerprint density at radius 1 is 1.14 bits per heavy atom. The first-order valence-electron chi connectivity index (χ1n) is 13.5. The SMILES string of the molecule is CC(=CCCC(C(=O)O)[C@H]1[C@H](O)C[C@@]2(C)C3=CC[C@H]4C(C)(C)[C@H](O)CC[C@]4(C)C3=CC[C@]12C)CO. The highest BCUT2D eigenvalue weighted by atomic mass is 16.4. The van der Waals surface area contributed by atoms with E-state index in [2.05, 4.69) is 46.8 Å². The third-order valence-electron chi connectivity index (χ3n) is 11.2. The van der Waals surface area contributed by atoms with Crippen LogP contribution in [0.15, 0.2) is 34.9 Å². The molecular weight excluding hydrogens is 440 g/mol. The third kappa shape index (κ3) is 3.79. The van der Waals surface area contributed by atoms with E-state index in [1.807, 2.05) is 13.0 Å². The average molecular weight is 487 g/mol. The van der Waals surface area contributed by atoms with Gasteiger partial charge in [-0.25, -0.2) is 0 Å². The van der Waals surface area contributed by atoms with Crippen LogP contribution in [0.25, 0.3) is 0 Å². The van der Waals surface area contributed by atoms with Gasteiger partial charge in [-0.15, -0.1) is 0 Å². The van der Waals surface area contributed by atoms with Gasteiger partial charge in [0.2, 0.25) is 0 Å². The lowest BCUT2D eigenvalue weighted by atomic mass is 9.44. The molecule has 0 aromatic rings. The summed E-state index contributed by atoms with van der Waals surface area (Å²) in [5.74, 6) is -1.44. The summed E-state index contributed by atoms with van der Waals surface area (Å²) in [6.07, 6.45) is 10.7. The fourth-order valence-electron chi connectivity index (χ4n) is 8.85. The molecule has 2 fully saturated rings. The molecule has 0 saturated heterocycles. The van der Waals surface area contributed by atoms with Gasteiger partial charge < -0.3 is 20.4 Å². The van der Waals surface area contributed by atoms with Gasteiger partial charge in [0.05, 0.1) is 24.7 Å². The highest BCUT2D eigenvalue weighted by Gasteiger charge is 2.66. The van der Waals surface area contributed by atoms with Gasteiger partial charge in [0.25, 0.3) is 0 Å². The Morgan fingerprint density at radius 3 is 2.46 bits per heavy atom. The fourth-order valence-corrected chi connectivity index (χ4v) is 8.85. The summed E-state index contributed by atoms with van der Waals surface area (Å²) in [4.78, 5) is 12.5. The molecule has 0 bridgehead atoms. The maximum Gasteiger partial charge on any atom is 0.306 e. The number of carboxylic acids is 1.